The largest absolute Gasteiger partial charge is 0.274 e. The number of hydrogen-bond donors (Lipinski definition) is 1. The first-order chi connectivity index (χ1) is 7.83. The van der Waals surface area contributed by atoms with E-state index in [4.69, 9.17) is 5.14 Å². The molecule has 2 nitrogen and oxygen atoms in total. The summed E-state index contributed by atoms with van der Waals surface area (Å²) >= 11 is 1.24. The third kappa shape index (κ3) is 2.32. The molecule has 16 heavy (non-hydrogen) atoms. The number of aromatic nitrogens is 1. The zero-order valence-electron chi connectivity index (χ0n) is 8.76. The third-order valence-electron chi connectivity index (χ3n) is 2.27. The first-order valence-electron chi connectivity index (χ1n) is 4.90. The van der Waals surface area contributed by atoms with Crippen LogP contribution in [0.4, 0.5) is 0 Å². The lowest BCUT2D eigenvalue weighted by Crippen LogP contribution is -1.86. The highest BCUT2D eigenvalue weighted by Crippen LogP contribution is 2.20. The van der Waals surface area contributed by atoms with Crippen molar-refractivity contribution in [3.05, 3.63) is 54.7 Å². The summed E-state index contributed by atoms with van der Waals surface area (Å²) in [6.07, 6.45) is 1.74. The van der Waals surface area contributed by atoms with Crippen LogP contribution in [0.1, 0.15) is 5.69 Å². The Morgan fingerprint density at radius 2 is 1.88 bits per heavy atom. The molecule has 1 heterocycles. The van der Waals surface area contributed by atoms with Gasteiger partial charge in [-0.15, -0.1) is 0 Å². The van der Waals surface area contributed by atoms with Crippen LogP contribution in [0.3, 0.4) is 0 Å². The fourth-order valence-corrected chi connectivity index (χ4v) is 1.72. The highest BCUT2D eigenvalue weighted by atomic mass is 32.2. The maximum absolute atomic E-state index is 5.47. The van der Waals surface area contributed by atoms with Crippen LogP contribution in [0.5, 0.6) is 0 Å². The lowest BCUT2D eigenvalue weighted by Gasteiger charge is -2.02. The van der Waals surface area contributed by atoms with Gasteiger partial charge < -0.3 is 0 Å². The van der Waals surface area contributed by atoms with E-state index in [-0.39, 0.29) is 0 Å². The molecule has 0 unspecified atom stereocenters. The molecule has 3 heteroatoms. The van der Waals surface area contributed by atoms with E-state index < -0.39 is 0 Å². The van der Waals surface area contributed by atoms with Crippen molar-refractivity contribution in [1.29, 1.82) is 0 Å². The average Bonchev–Trinajstić information content (AvgIpc) is 2.39. The van der Waals surface area contributed by atoms with Crippen LogP contribution >= 0.6 is 11.9 Å². The predicted molar refractivity (Wildman–Crippen MR) is 69.8 cm³/mol. The van der Waals surface area contributed by atoms with Gasteiger partial charge in [0, 0.05) is 10.5 Å². The van der Waals surface area contributed by atoms with Gasteiger partial charge in [0.1, 0.15) is 0 Å². The van der Waals surface area contributed by atoms with E-state index in [0.717, 1.165) is 21.8 Å². The van der Waals surface area contributed by atoms with Crippen molar-refractivity contribution in [2.24, 2.45) is 5.14 Å². The summed E-state index contributed by atoms with van der Waals surface area (Å²) in [7, 11) is 0. The summed E-state index contributed by atoms with van der Waals surface area (Å²) in [5.74, 6) is 0. The van der Waals surface area contributed by atoms with Gasteiger partial charge in [-0.25, -0.2) is 4.98 Å². The smallest absolute Gasteiger partial charge is 0.0709 e. The van der Waals surface area contributed by atoms with E-state index in [1.165, 1.54) is 11.9 Å². The highest BCUT2D eigenvalue weighted by Gasteiger charge is 1.99. The molecule has 0 aliphatic rings. The zero-order valence-corrected chi connectivity index (χ0v) is 9.58. The monoisotopic (exact) mass is 228 g/mol. The molecule has 2 N–H and O–H groups in total. The molecule has 0 saturated heterocycles. The van der Waals surface area contributed by atoms with E-state index in [1.54, 1.807) is 6.08 Å². The molecule has 0 fully saturated rings. The summed E-state index contributed by atoms with van der Waals surface area (Å²) in [5, 5.41) is 5.47. The normalized spacial score (nSPS) is 10.1. The van der Waals surface area contributed by atoms with E-state index in [9.17, 15) is 0 Å². The quantitative estimate of drug-likeness (QED) is 0.819. The maximum atomic E-state index is 5.47. The zero-order chi connectivity index (χ0) is 11.4. The Labute approximate surface area is 99.3 Å². The van der Waals surface area contributed by atoms with Crippen LogP contribution in [-0.2, 0) is 0 Å². The van der Waals surface area contributed by atoms with Crippen LogP contribution in [0, 0.1) is 0 Å². The second-order valence-electron chi connectivity index (χ2n) is 3.29. The van der Waals surface area contributed by atoms with Gasteiger partial charge in [-0.2, -0.15) is 0 Å². The molecule has 0 saturated carbocycles. The second kappa shape index (κ2) is 4.96. The molecule has 0 aliphatic carbocycles. The Morgan fingerprint density at radius 1 is 1.12 bits per heavy atom. The molecular weight excluding hydrogens is 216 g/mol. The molecule has 1 aromatic carbocycles. The molecular formula is C13H12N2S. The first kappa shape index (κ1) is 10.9. The minimum Gasteiger partial charge on any atom is -0.274 e. The Hall–Kier alpha value is -1.58. The van der Waals surface area contributed by atoms with Crippen LogP contribution in [-0.4, -0.2) is 4.98 Å². The maximum Gasteiger partial charge on any atom is 0.0709 e. The number of nitrogens with zero attached hydrogens (tertiary/aromatic N) is 1. The van der Waals surface area contributed by atoms with Crippen LogP contribution in [0.15, 0.2) is 53.9 Å². The number of hydrogen-bond acceptors (Lipinski definition) is 3. The molecule has 80 valence electrons. The minimum atomic E-state index is 0.884. The number of pyridine rings is 1. The van der Waals surface area contributed by atoms with Crippen LogP contribution < -0.4 is 5.14 Å². The molecule has 0 spiro atoms. The van der Waals surface area contributed by atoms with E-state index in [1.807, 2.05) is 42.5 Å². The lowest BCUT2D eigenvalue weighted by molar-refractivity contribution is 1.29. The average molecular weight is 228 g/mol. The van der Waals surface area contributed by atoms with E-state index in [0.29, 0.717) is 0 Å². The number of rotatable bonds is 3. The van der Waals surface area contributed by atoms with Gasteiger partial charge >= 0.3 is 0 Å². The molecule has 0 radical (unpaired) electrons. The minimum absolute atomic E-state index is 0.884. The van der Waals surface area contributed by atoms with Gasteiger partial charge in [0.05, 0.1) is 11.4 Å². The Balaban J connectivity index is 2.38. The van der Waals surface area contributed by atoms with Crippen molar-refractivity contribution < 1.29 is 0 Å². The van der Waals surface area contributed by atoms with Crippen molar-refractivity contribution in [3.8, 4) is 11.3 Å². The van der Waals surface area contributed by atoms with Crippen molar-refractivity contribution in [3.63, 3.8) is 0 Å². The van der Waals surface area contributed by atoms with Crippen LogP contribution in [0.25, 0.3) is 17.3 Å². The summed E-state index contributed by atoms with van der Waals surface area (Å²) in [5.41, 5.74) is 2.92. The molecule has 0 amide bonds. The first-order valence-corrected chi connectivity index (χ1v) is 5.78. The molecule has 2 aromatic rings. The lowest BCUT2D eigenvalue weighted by atomic mass is 10.1. The van der Waals surface area contributed by atoms with Crippen molar-refractivity contribution in [1.82, 2.24) is 4.98 Å². The topological polar surface area (TPSA) is 38.9 Å². The predicted octanol–water partition coefficient (Wildman–Crippen LogP) is 3.36. The molecule has 0 atom stereocenters. The molecule has 1 aromatic heterocycles. The summed E-state index contributed by atoms with van der Waals surface area (Å²) in [6.45, 7) is 3.71. The Kier molecular flexibility index (Phi) is 3.39. The van der Waals surface area contributed by atoms with Gasteiger partial charge in [0.2, 0.25) is 0 Å². The van der Waals surface area contributed by atoms with Crippen molar-refractivity contribution >= 4 is 18.0 Å². The highest BCUT2D eigenvalue weighted by molar-refractivity contribution is 7.97. The van der Waals surface area contributed by atoms with Gasteiger partial charge in [0.25, 0.3) is 0 Å². The SMILES string of the molecule is C=Cc1cccc(-c2ccc(SN)cc2)n1. The molecule has 2 rings (SSSR count). The fourth-order valence-electron chi connectivity index (χ4n) is 1.43. The Bertz CT molecular complexity index is 492. The number of nitrogens with two attached hydrogens (primary N) is 1. The third-order valence-corrected chi connectivity index (χ3v) is 2.81. The summed E-state index contributed by atoms with van der Waals surface area (Å²) < 4.78 is 0. The van der Waals surface area contributed by atoms with Crippen molar-refractivity contribution in [2.45, 2.75) is 4.90 Å². The van der Waals surface area contributed by atoms with Gasteiger partial charge in [-0.3, -0.25) is 5.14 Å². The second-order valence-corrected chi connectivity index (χ2v) is 4.00. The van der Waals surface area contributed by atoms with Crippen LogP contribution in [0.2, 0.25) is 0 Å². The number of benzene rings is 1. The van der Waals surface area contributed by atoms with E-state index >= 15 is 0 Å². The molecule has 0 bridgehead atoms. The van der Waals surface area contributed by atoms with Gasteiger partial charge in [0.15, 0.2) is 0 Å². The summed E-state index contributed by atoms with van der Waals surface area (Å²) in [6, 6.07) is 13.9. The Morgan fingerprint density at radius 3 is 2.50 bits per heavy atom. The van der Waals surface area contributed by atoms with Gasteiger partial charge in [-0.1, -0.05) is 24.8 Å². The van der Waals surface area contributed by atoms with E-state index in [2.05, 4.69) is 11.6 Å². The van der Waals surface area contributed by atoms with Crippen molar-refractivity contribution in [2.75, 3.05) is 0 Å². The summed E-state index contributed by atoms with van der Waals surface area (Å²) in [4.78, 5) is 5.51. The standard InChI is InChI=1S/C13H12N2S/c1-2-11-4-3-5-13(15-11)10-6-8-12(16-14)9-7-10/h2-9H,1,14H2. The fraction of sp³-hybridized carbons (Fsp3) is 0. The molecule has 0 aliphatic heterocycles. The van der Waals surface area contributed by atoms with Gasteiger partial charge in [-0.05, 0) is 42.3 Å².